The van der Waals surface area contributed by atoms with Crippen LogP contribution in [0.5, 0.6) is 0 Å². The minimum absolute atomic E-state index is 0.176. The predicted octanol–water partition coefficient (Wildman–Crippen LogP) is -0.318. The van der Waals surface area contributed by atoms with Gasteiger partial charge in [-0.3, -0.25) is 9.59 Å². The summed E-state index contributed by atoms with van der Waals surface area (Å²) in [7, 11) is 0. The van der Waals surface area contributed by atoms with Crippen molar-refractivity contribution in [2.45, 2.75) is 13.8 Å². The van der Waals surface area contributed by atoms with E-state index >= 15 is 0 Å². The Morgan fingerprint density at radius 2 is 2.23 bits per heavy atom. The standard InChI is InChI=1S/C8H10O5/c1-3-12-7(11)8(2)4-13-6(10)5(8)9/h3-4H2,1-2H3/t8-/m1/s1. The molecule has 1 atom stereocenters. The number of esters is 2. The minimum atomic E-state index is -1.44. The van der Waals surface area contributed by atoms with Gasteiger partial charge in [0.05, 0.1) is 6.61 Å². The van der Waals surface area contributed by atoms with Gasteiger partial charge in [-0.2, -0.15) is 0 Å². The predicted molar refractivity (Wildman–Crippen MR) is 40.7 cm³/mol. The Morgan fingerprint density at radius 1 is 1.62 bits per heavy atom. The lowest BCUT2D eigenvalue weighted by Gasteiger charge is -2.15. The molecule has 0 amide bonds. The molecule has 1 aliphatic rings. The highest BCUT2D eigenvalue weighted by atomic mass is 16.6. The van der Waals surface area contributed by atoms with E-state index in [1.54, 1.807) is 6.92 Å². The molecule has 1 heterocycles. The second-order valence-corrected chi connectivity index (χ2v) is 2.96. The van der Waals surface area contributed by atoms with E-state index in [0.29, 0.717) is 0 Å². The average Bonchev–Trinajstić information content (AvgIpc) is 2.35. The molecule has 0 spiro atoms. The van der Waals surface area contributed by atoms with Gasteiger partial charge in [0.25, 0.3) is 5.78 Å². The maximum absolute atomic E-state index is 11.2. The zero-order chi connectivity index (χ0) is 10.1. The van der Waals surface area contributed by atoms with Crippen molar-refractivity contribution in [3.63, 3.8) is 0 Å². The molecule has 5 heteroatoms. The Labute approximate surface area is 75.0 Å². The summed E-state index contributed by atoms with van der Waals surface area (Å²) in [5.41, 5.74) is -1.44. The molecule has 0 unspecified atom stereocenters. The van der Waals surface area contributed by atoms with Crippen LogP contribution in [-0.2, 0) is 23.9 Å². The molecule has 0 bridgehead atoms. The van der Waals surface area contributed by atoms with Crippen LogP contribution in [0.3, 0.4) is 0 Å². The number of cyclic esters (lactones) is 1. The topological polar surface area (TPSA) is 69.7 Å². The van der Waals surface area contributed by atoms with Crippen LogP contribution in [0, 0.1) is 5.41 Å². The average molecular weight is 186 g/mol. The van der Waals surface area contributed by atoms with Crippen LogP contribution in [0.1, 0.15) is 13.8 Å². The summed E-state index contributed by atoms with van der Waals surface area (Å²) in [4.78, 5) is 33.1. The Bertz CT molecular complexity index is 270. The summed E-state index contributed by atoms with van der Waals surface area (Å²) >= 11 is 0. The molecule has 0 radical (unpaired) electrons. The largest absolute Gasteiger partial charge is 0.465 e. The molecule has 13 heavy (non-hydrogen) atoms. The second kappa shape index (κ2) is 3.16. The van der Waals surface area contributed by atoms with E-state index in [0.717, 1.165) is 0 Å². The molecule has 1 aliphatic heterocycles. The highest BCUT2D eigenvalue weighted by Gasteiger charge is 2.53. The van der Waals surface area contributed by atoms with Gasteiger partial charge in [0.15, 0.2) is 5.41 Å². The number of ketones is 1. The lowest BCUT2D eigenvalue weighted by Crippen LogP contribution is -2.37. The van der Waals surface area contributed by atoms with Crippen molar-refractivity contribution in [1.82, 2.24) is 0 Å². The molecule has 0 saturated carbocycles. The van der Waals surface area contributed by atoms with Crippen LogP contribution in [-0.4, -0.2) is 30.9 Å². The summed E-state index contributed by atoms with van der Waals surface area (Å²) in [6.45, 7) is 2.93. The first kappa shape index (κ1) is 9.70. The third-order valence-electron chi connectivity index (χ3n) is 1.90. The molecule has 0 aliphatic carbocycles. The summed E-state index contributed by atoms with van der Waals surface area (Å²) in [5, 5.41) is 0. The van der Waals surface area contributed by atoms with Gasteiger partial charge in [-0.25, -0.2) is 4.79 Å². The second-order valence-electron chi connectivity index (χ2n) is 2.96. The number of rotatable bonds is 2. The van der Waals surface area contributed by atoms with Crippen LogP contribution in [0.25, 0.3) is 0 Å². The number of Topliss-reactive ketones (excluding diaryl/α,β-unsaturated/α-hetero) is 1. The number of carbonyl (C=O) groups excluding carboxylic acids is 3. The molecular formula is C8H10O5. The summed E-state index contributed by atoms with van der Waals surface area (Å²) in [5.74, 6) is -2.49. The first-order chi connectivity index (χ1) is 6.02. The van der Waals surface area contributed by atoms with Gasteiger partial charge in [-0.15, -0.1) is 0 Å². The van der Waals surface area contributed by atoms with Gasteiger partial charge in [0, 0.05) is 0 Å². The first-order valence-electron chi connectivity index (χ1n) is 3.91. The Kier molecular flexibility index (Phi) is 2.36. The van der Waals surface area contributed by atoms with E-state index in [1.165, 1.54) is 6.92 Å². The molecule has 1 fully saturated rings. The minimum Gasteiger partial charge on any atom is -0.465 e. The molecule has 5 nitrogen and oxygen atoms in total. The van der Waals surface area contributed by atoms with E-state index in [4.69, 9.17) is 0 Å². The van der Waals surface area contributed by atoms with Crippen molar-refractivity contribution in [2.75, 3.05) is 13.2 Å². The molecule has 1 rings (SSSR count). The van der Waals surface area contributed by atoms with Crippen LogP contribution in [0.4, 0.5) is 0 Å². The van der Waals surface area contributed by atoms with Gasteiger partial charge < -0.3 is 9.47 Å². The molecule has 0 aromatic rings. The fourth-order valence-corrected chi connectivity index (χ4v) is 1.01. The quantitative estimate of drug-likeness (QED) is 0.336. The van der Waals surface area contributed by atoms with E-state index < -0.39 is 23.1 Å². The maximum Gasteiger partial charge on any atom is 0.376 e. The van der Waals surface area contributed by atoms with Crippen molar-refractivity contribution in [3.05, 3.63) is 0 Å². The highest BCUT2D eigenvalue weighted by Crippen LogP contribution is 2.26. The Hall–Kier alpha value is -1.39. The number of hydrogen-bond acceptors (Lipinski definition) is 5. The maximum atomic E-state index is 11.2. The summed E-state index contributed by atoms with van der Waals surface area (Å²) in [6.07, 6.45) is 0. The summed E-state index contributed by atoms with van der Waals surface area (Å²) < 4.78 is 9.11. The zero-order valence-corrected chi connectivity index (χ0v) is 7.46. The van der Waals surface area contributed by atoms with E-state index in [-0.39, 0.29) is 13.2 Å². The molecular weight excluding hydrogens is 176 g/mol. The van der Waals surface area contributed by atoms with Crippen molar-refractivity contribution in [3.8, 4) is 0 Å². The van der Waals surface area contributed by atoms with Crippen molar-refractivity contribution < 1.29 is 23.9 Å². The lowest BCUT2D eigenvalue weighted by atomic mass is 9.89. The van der Waals surface area contributed by atoms with Gasteiger partial charge in [-0.05, 0) is 13.8 Å². The fraction of sp³-hybridized carbons (Fsp3) is 0.625. The molecule has 0 aromatic heterocycles. The van der Waals surface area contributed by atoms with E-state index in [9.17, 15) is 14.4 Å². The molecule has 0 N–H and O–H groups in total. The molecule has 1 saturated heterocycles. The normalized spacial score (nSPS) is 27.2. The van der Waals surface area contributed by atoms with E-state index in [2.05, 4.69) is 9.47 Å². The molecule has 0 aromatic carbocycles. The van der Waals surface area contributed by atoms with Crippen LogP contribution in [0.15, 0.2) is 0 Å². The monoisotopic (exact) mass is 186 g/mol. The lowest BCUT2D eigenvalue weighted by molar-refractivity contribution is -0.158. The van der Waals surface area contributed by atoms with Gasteiger partial charge in [0.2, 0.25) is 0 Å². The SMILES string of the molecule is CCOC(=O)[C@]1(C)COC(=O)C1=O. The third-order valence-corrected chi connectivity index (χ3v) is 1.90. The van der Waals surface area contributed by atoms with Crippen LogP contribution in [0.2, 0.25) is 0 Å². The fourth-order valence-electron chi connectivity index (χ4n) is 1.01. The van der Waals surface area contributed by atoms with Crippen molar-refractivity contribution in [1.29, 1.82) is 0 Å². The number of ether oxygens (including phenoxy) is 2. The third kappa shape index (κ3) is 1.41. The summed E-state index contributed by atoms with van der Waals surface area (Å²) in [6, 6.07) is 0. The van der Waals surface area contributed by atoms with Gasteiger partial charge >= 0.3 is 11.9 Å². The van der Waals surface area contributed by atoms with Gasteiger partial charge in [0.1, 0.15) is 6.61 Å². The molecule has 72 valence electrons. The van der Waals surface area contributed by atoms with Crippen LogP contribution >= 0.6 is 0 Å². The Balaban J connectivity index is 2.83. The number of hydrogen-bond donors (Lipinski definition) is 0. The highest BCUT2D eigenvalue weighted by molar-refractivity contribution is 6.41. The van der Waals surface area contributed by atoms with Gasteiger partial charge in [-0.1, -0.05) is 0 Å². The van der Waals surface area contributed by atoms with Crippen molar-refractivity contribution >= 4 is 17.7 Å². The first-order valence-corrected chi connectivity index (χ1v) is 3.91. The smallest absolute Gasteiger partial charge is 0.376 e. The van der Waals surface area contributed by atoms with Crippen molar-refractivity contribution in [2.24, 2.45) is 5.41 Å². The zero-order valence-electron chi connectivity index (χ0n) is 7.46. The Morgan fingerprint density at radius 3 is 2.62 bits per heavy atom. The number of carbonyl (C=O) groups is 3. The van der Waals surface area contributed by atoms with E-state index in [1.807, 2.05) is 0 Å². The van der Waals surface area contributed by atoms with Crippen LogP contribution < -0.4 is 0 Å².